The zero-order valence-corrected chi connectivity index (χ0v) is 22.8. The van der Waals surface area contributed by atoms with Crippen molar-refractivity contribution in [1.29, 1.82) is 0 Å². The van der Waals surface area contributed by atoms with E-state index in [0.29, 0.717) is 5.95 Å². The Labute approximate surface area is 244 Å². The minimum atomic E-state index is 0.603. The molecule has 0 spiro atoms. The first-order valence-corrected chi connectivity index (χ1v) is 14.4. The third-order valence-electron chi connectivity index (χ3n) is 8.60. The lowest BCUT2D eigenvalue weighted by molar-refractivity contribution is 0.665. The van der Waals surface area contributed by atoms with Crippen molar-refractivity contribution in [2.24, 2.45) is 0 Å². The summed E-state index contributed by atoms with van der Waals surface area (Å²) in [6.07, 6.45) is 0. The molecule has 10 rings (SSSR count). The van der Waals surface area contributed by atoms with E-state index in [0.717, 1.165) is 87.8 Å². The number of rotatable bonds is 2. The fourth-order valence-corrected chi connectivity index (χ4v) is 6.80. The smallest absolute Gasteiger partial charge is 0.235 e. The maximum absolute atomic E-state index is 6.68. The summed E-state index contributed by atoms with van der Waals surface area (Å²) in [6, 6.07) is 43.4. The Bertz CT molecular complexity index is 2700. The van der Waals surface area contributed by atoms with Gasteiger partial charge in [-0.1, -0.05) is 103 Å². The molecule has 0 radical (unpaired) electrons. The van der Waals surface area contributed by atoms with Crippen molar-refractivity contribution in [1.82, 2.24) is 14.5 Å². The van der Waals surface area contributed by atoms with Crippen molar-refractivity contribution in [2.45, 2.75) is 0 Å². The van der Waals surface area contributed by atoms with Gasteiger partial charge in [0.1, 0.15) is 22.3 Å². The monoisotopic (exact) mass is 551 g/mol. The third kappa shape index (κ3) is 3.00. The van der Waals surface area contributed by atoms with E-state index in [9.17, 15) is 0 Å². The molecule has 0 aliphatic heterocycles. The van der Waals surface area contributed by atoms with Gasteiger partial charge in [0.15, 0.2) is 0 Å². The lowest BCUT2D eigenvalue weighted by Crippen LogP contribution is -2.03. The average molecular weight is 552 g/mol. The molecule has 0 atom stereocenters. The summed E-state index contributed by atoms with van der Waals surface area (Å²) in [5.41, 5.74) is 8.08. The minimum Gasteiger partial charge on any atom is -0.455 e. The predicted molar refractivity (Wildman–Crippen MR) is 174 cm³/mol. The van der Waals surface area contributed by atoms with Crippen molar-refractivity contribution < 1.29 is 8.83 Å². The van der Waals surface area contributed by atoms with Crippen LogP contribution in [-0.4, -0.2) is 14.5 Å². The van der Waals surface area contributed by atoms with Gasteiger partial charge in [0.05, 0.1) is 38.4 Å². The molecular formula is C38H21N3O2. The molecule has 0 amide bonds. The number of fused-ring (bicyclic) bond motifs is 13. The van der Waals surface area contributed by atoms with Crippen LogP contribution in [0.4, 0.5) is 0 Å². The first-order chi connectivity index (χ1) is 21.3. The van der Waals surface area contributed by atoms with Crippen LogP contribution in [-0.2, 0) is 0 Å². The summed E-state index contributed by atoms with van der Waals surface area (Å²) in [6.45, 7) is 0. The molecule has 4 aromatic heterocycles. The molecule has 200 valence electrons. The van der Waals surface area contributed by atoms with Gasteiger partial charge < -0.3 is 8.83 Å². The van der Waals surface area contributed by atoms with Gasteiger partial charge in [0.2, 0.25) is 5.95 Å². The molecule has 43 heavy (non-hydrogen) atoms. The van der Waals surface area contributed by atoms with Gasteiger partial charge in [-0.2, -0.15) is 0 Å². The summed E-state index contributed by atoms with van der Waals surface area (Å²) < 4.78 is 15.5. The van der Waals surface area contributed by atoms with Crippen LogP contribution in [0.15, 0.2) is 136 Å². The van der Waals surface area contributed by atoms with Crippen LogP contribution in [0, 0.1) is 0 Å². The number of aromatic nitrogens is 3. The van der Waals surface area contributed by atoms with Crippen molar-refractivity contribution >= 4 is 76.6 Å². The average Bonchev–Trinajstić information content (AvgIpc) is 3.74. The van der Waals surface area contributed by atoms with E-state index in [1.165, 1.54) is 0 Å². The Morgan fingerprint density at radius 1 is 0.465 bits per heavy atom. The van der Waals surface area contributed by atoms with Gasteiger partial charge in [-0.25, -0.2) is 9.97 Å². The summed E-state index contributed by atoms with van der Waals surface area (Å²) in [4.78, 5) is 10.5. The topological polar surface area (TPSA) is 57.0 Å². The SMILES string of the molecule is c1ccc(-c2nc(-n3c4ccccc4c4c5oc6ccccc6c5c5oc6ccccc6c5c43)nc3ccccc23)cc1. The molecule has 0 saturated heterocycles. The van der Waals surface area contributed by atoms with Crippen molar-refractivity contribution in [3.63, 3.8) is 0 Å². The van der Waals surface area contributed by atoms with Crippen LogP contribution >= 0.6 is 0 Å². The largest absolute Gasteiger partial charge is 0.455 e. The van der Waals surface area contributed by atoms with Gasteiger partial charge in [0.25, 0.3) is 0 Å². The van der Waals surface area contributed by atoms with Gasteiger partial charge in [-0.15, -0.1) is 0 Å². The first kappa shape index (κ1) is 22.7. The van der Waals surface area contributed by atoms with E-state index in [-0.39, 0.29) is 0 Å². The molecule has 0 aliphatic carbocycles. The number of hydrogen-bond donors (Lipinski definition) is 0. The van der Waals surface area contributed by atoms with E-state index in [2.05, 4.69) is 71.3 Å². The Morgan fingerprint density at radius 3 is 1.77 bits per heavy atom. The number of benzene rings is 6. The van der Waals surface area contributed by atoms with Crippen molar-refractivity contribution in [3.8, 4) is 17.2 Å². The molecule has 4 heterocycles. The Kier molecular flexibility index (Phi) is 4.39. The van der Waals surface area contributed by atoms with Crippen LogP contribution in [0.25, 0.3) is 93.8 Å². The summed E-state index contributed by atoms with van der Waals surface area (Å²) in [5, 5.41) is 7.21. The quantitative estimate of drug-likeness (QED) is 0.214. The van der Waals surface area contributed by atoms with Crippen LogP contribution in [0.5, 0.6) is 0 Å². The molecule has 0 bridgehead atoms. The van der Waals surface area contributed by atoms with E-state index in [4.69, 9.17) is 18.8 Å². The van der Waals surface area contributed by atoms with Crippen LogP contribution in [0.1, 0.15) is 0 Å². The molecule has 0 fully saturated rings. The molecule has 0 N–H and O–H groups in total. The molecule has 0 aliphatic rings. The second kappa shape index (κ2) is 8.30. The number of para-hydroxylation sites is 4. The molecule has 10 aromatic rings. The first-order valence-electron chi connectivity index (χ1n) is 14.4. The van der Waals surface area contributed by atoms with Gasteiger partial charge in [-0.3, -0.25) is 4.57 Å². The zero-order valence-electron chi connectivity index (χ0n) is 22.8. The lowest BCUT2D eigenvalue weighted by atomic mass is 10.0. The fourth-order valence-electron chi connectivity index (χ4n) is 6.80. The van der Waals surface area contributed by atoms with Gasteiger partial charge in [-0.05, 0) is 24.3 Å². The minimum absolute atomic E-state index is 0.603. The molecule has 5 heteroatoms. The van der Waals surface area contributed by atoms with Crippen molar-refractivity contribution in [2.75, 3.05) is 0 Å². The summed E-state index contributed by atoms with van der Waals surface area (Å²) in [7, 11) is 0. The predicted octanol–water partition coefficient (Wildman–Crippen LogP) is 10.2. The molecular weight excluding hydrogens is 530 g/mol. The van der Waals surface area contributed by atoms with E-state index >= 15 is 0 Å². The maximum atomic E-state index is 6.68. The molecule has 0 unspecified atom stereocenters. The Morgan fingerprint density at radius 2 is 1.02 bits per heavy atom. The van der Waals surface area contributed by atoms with E-state index < -0.39 is 0 Å². The number of hydrogen-bond acceptors (Lipinski definition) is 4. The highest BCUT2D eigenvalue weighted by Crippen LogP contribution is 2.48. The fraction of sp³-hybridized carbons (Fsp3) is 0. The maximum Gasteiger partial charge on any atom is 0.235 e. The van der Waals surface area contributed by atoms with Gasteiger partial charge in [0, 0.05) is 27.1 Å². The van der Waals surface area contributed by atoms with Crippen LogP contribution < -0.4 is 0 Å². The molecule has 6 aromatic carbocycles. The number of furan rings is 2. The second-order valence-electron chi connectivity index (χ2n) is 10.9. The highest BCUT2D eigenvalue weighted by molar-refractivity contribution is 6.37. The lowest BCUT2D eigenvalue weighted by Gasteiger charge is -2.12. The summed E-state index contributed by atoms with van der Waals surface area (Å²) >= 11 is 0. The Hall–Kier alpha value is -5.94. The van der Waals surface area contributed by atoms with Crippen LogP contribution in [0.2, 0.25) is 0 Å². The third-order valence-corrected chi connectivity index (χ3v) is 8.60. The molecule has 5 nitrogen and oxygen atoms in total. The zero-order chi connectivity index (χ0) is 28.1. The second-order valence-corrected chi connectivity index (χ2v) is 10.9. The summed E-state index contributed by atoms with van der Waals surface area (Å²) in [5.74, 6) is 0.603. The van der Waals surface area contributed by atoms with Crippen LogP contribution in [0.3, 0.4) is 0 Å². The van der Waals surface area contributed by atoms with E-state index in [1.54, 1.807) is 0 Å². The standard InChI is InChI=1S/C38H21N3O2/c1-2-12-22(13-3-1)34-23-14-4-8-18-27(23)39-38(40-34)41-28-19-9-5-15-24(28)31-35(41)32-25-16-6-10-20-29(25)42-37(32)33-26-17-7-11-21-30(26)43-36(31)33/h1-21H. The molecule has 0 saturated carbocycles. The highest BCUT2D eigenvalue weighted by Gasteiger charge is 2.27. The van der Waals surface area contributed by atoms with Gasteiger partial charge >= 0.3 is 0 Å². The Balaban J connectivity index is 1.49. The van der Waals surface area contributed by atoms with E-state index in [1.807, 2.05) is 60.7 Å². The van der Waals surface area contributed by atoms with Crippen molar-refractivity contribution in [3.05, 3.63) is 127 Å². The normalized spacial score (nSPS) is 12.2. The highest BCUT2D eigenvalue weighted by atomic mass is 16.3. The number of nitrogens with zero attached hydrogens (tertiary/aromatic N) is 3.